The topological polar surface area (TPSA) is 86.9 Å². The summed E-state index contributed by atoms with van der Waals surface area (Å²) in [6.45, 7) is 3.43. The molecule has 0 bridgehead atoms. The molecule has 0 atom stereocenters. The molecular formula is C14H21N3O4. The van der Waals surface area contributed by atoms with Crippen LogP contribution in [0.5, 0.6) is 0 Å². The van der Waals surface area contributed by atoms with Crippen LogP contribution in [0.25, 0.3) is 0 Å². The van der Waals surface area contributed by atoms with Gasteiger partial charge in [0.25, 0.3) is 11.6 Å². The Morgan fingerprint density at radius 1 is 1.33 bits per heavy atom. The van der Waals surface area contributed by atoms with Crippen molar-refractivity contribution < 1.29 is 14.8 Å². The third kappa shape index (κ3) is 4.42. The molecule has 0 unspecified atom stereocenters. The van der Waals surface area contributed by atoms with E-state index in [0.717, 1.165) is 0 Å². The van der Waals surface area contributed by atoms with Crippen LogP contribution in [0.4, 0.5) is 11.4 Å². The summed E-state index contributed by atoms with van der Waals surface area (Å²) >= 11 is 0. The molecule has 0 fully saturated rings. The molecule has 7 heteroatoms. The van der Waals surface area contributed by atoms with E-state index in [0.29, 0.717) is 11.3 Å². The van der Waals surface area contributed by atoms with Gasteiger partial charge in [-0.15, -0.1) is 0 Å². The number of carbonyl (C=O) groups is 1. The van der Waals surface area contributed by atoms with Gasteiger partial charge in [-0.1, -0.05) is 0 Å². The lowest BCUT2D eigenvalue weighted by atomic mass is 10.1. The number of likely N-dealkylation sites (N-methyl/N-ethyl adjacent to an activating group) is 1. The van der Waals surface area contributed by atoms with E-state index in [9.17, 15) is 20.0 Å². The van der Waals surface area contributed by atoms with Gasteiger partial charge in [0.15, 0.2) is 0 Å². The molecule has 0 aliphatic rings. The van der Waals surface area contributed by atoms with Crippen molar-refractivity contribution in [2.45, 2.75) is 19.4 Å². The summed E-state index contributed by atoms with van der Waals surface area (Å²) in [5, 5.41) is 21.0. The first kappa shape index (κ1) is 16.9. The Balaban J connectivity index is 3.28. The largest absolute Gasteiger partial charge is 0.389 e. The highest BCUT2D eigenvalue weighted by Crippen LogP contribution is 2.29. The number of anilines is 1. The number of aliphatic hydroxyl groups is 1. The molecule has 1 aromatic carbocycles. The fourth-order valence-corrected chi connectivity index (χ4v) is 2.04. The quantitative estimate of drug-likeness (QED) is 0.657. The van der Waals surface area contributed by atoms with Gasteiger partial charge < -0.3 is 14.9 Å². The lowest BCUT2D eigenvalue weighted by molar-refractivity contribution is -0.384. The SMILES string of the molecule is CN(C)C(=O)c1ccc([N+](=O)[O-])c(N(C)CC(C)(C)O)c1. The normalized spacial score (nSPS) is 11.1. The van der Waals surface area contributed by atoms with Gasteiger partial charge >= 0.3 is 0 Å². The van der Waals surface area contributed by atoms with Crippen LogP contribution in [-0.2, 0) is 0 Å². The van der Waals surface area contributed by atoms with Crippen molar-refractivity contribution in [3.63, 3.8) is 0 Å². The van der Waals surface area contributed by atoms with Gasteiger partial charge in [0.05, 0.1) is 10.5 Å². The zero-order valence-electron chi connectivity index (χ0n) is 13.0. The zero-order valence-corrected chi connectivity index (χ0v) is 13.0. The van der Waals surface area contributed by atoms with Crippen LogP contribution >= 0.6 is 0 Å². The number of nitro benzene ring substituents is 1. The summed E-state index contributed by atoms with van der Waals surface area (Å²) in [6.07, 6.45) is 0. The van der Waals surface area contributed by atoms with E-state index in [1.807, 2.05) is 0 Å². The minimum absolute atomic E-state index is 0.0999. The maximum Gasteiger partial charge on any atom is 0.292 e. The van der Waals surface area contributed by atoms with E-state index >= 15 is 0 Å². The van der Waals surface area contributed by atoms with Crippen molar-refractivity contribution in [3.8, 4) is 0 Å². The minimum atomic E-state index is -1.01. The van der Waals surface area contributed by atoms with Crippen LogP contribution < -0.4 is 4.90 Å². The number of carbonyl (C=O) groups excluding carboxylic acids is 1. The monoisotopic (exact) mass is 295 g/mol. The van der Waals surface area contributed by atoms with Crippen LogP contribution in [-0.4, -0.2) is 54.1 Å². The van der Waals surface area contributed by atoms with Crippen molar-refractivity contribution in [1.82, 2.24) is 4.90 Å². The van der Waals surface area contributed by atoms with Crippen LogP contribution in [0.2, 0.25) is 0 Å². The maximum absolute atomic E-state index is 12.0. The molecular weight excluding hydrogens is 274 g/mol. The van der Waals surface area contributed by atoms with Crippen molar-refractivity contribution in [1.29, 1.82) is 0 Å². The molecule has 0 aliphatic carbocycles. The summed E-state index contributed by atoms with van der Waals surface area (Å²) in [5.41, 5.74) is -0.445. The molecule has 0 saturated heterocycles. The fraction of sp³-hybridized carbons (Fsp3) is 0.500. The minimum Gasteiger partial charge on any atom is -0.389 e. The van der Waals surface area contributed by atoms with Gasteiger partial charge in [-0.2, -0.15) is 0 Å². The average Bonchev–Trinajstić information content (AvgIpc) is 2.34. The number of amides is 1. The van der Waals surface area contributed by atoms with Crippen LogP contribution in [0, 0.1) is 10.1 Å². The van der Waals surface area contributed by atoms with E-state index < -0.39 is 10.5 Å². The highest BCUT2D eigenvalue weighted by Gasteiger charge is 2.24. The maximum atomic E-state index is 12.0. The van der Waals surface area contributed by atoms with Crippen molar-refractivity contribution in [2.75, 3.05) is 32.6 Å². The number of hydrogen-bond donors (Lipinski definition) is 1. The molecule has 21 heavy (non-hydrogen) atoms. The number of rotatable bonds is 5. The number of hydrogen-bond acceptors (Lipinski definition) is 5. The second-order valence-electron chi connectivity index (χ2n) is 5.83. The Kier molecular flexibility index (Phi) is 4.90. The zero-order chi connectivity index (χ0) is 16.4. The number of nitro groups is 1. The standard InChI is InChI=1S/C14H21N3O4/c1-14(2,19)9-16(5)12-8-10(13(18)15(3)4)6-7-11(12)17(20)21/h6-8,19H,9H2,1-5H3. The Labute approximate surface area is 123 Å². The summed E-state index contributed by atoms with van der Waals surface area (Å²) in [5.74, 6) is -0.234. The predicted octanol–water partition coefficient (Wildman–Crippen LogP) is 1.50. The summed E-state index contributed by atoms with van der Waals surface area (Å²) in [7, 11) is 4.87. The first-order chi connectivity index (χ1) is 9.53. The molecule has 0 spiro atoms. The molecule has 1 N–H and O–H groups in total. The molecule has 116 valence electrons. The Hall–Kier alpha value is -2.15. The molecule has 1 aromatic rings. The van der Waals surface area contributed by atoms with Gasteiger partial charge in [0.2, 0.25) is 0 Å². The highest BCUT2D eigenvalue weighted by atomic mass is 16.6. The third-order valence-corrected chi connectivity index (χ3v) is 2.86. The second-order valence-corrected chi connectivity index (χ2v) is 5.83. The first-order valence-corrected chi connectivity index (χ1v) is 6.46. The van der Waals surface area contributed by atoms with Gasteiger partial charge in [-0.05, 0) is 26.0 Å². The molecule has 0 radical (unpaired) electrons. The second kappa shape index (κ2) is 6.09. The van der Waals surface area contributed by atoms with Crippen molar-refractivity contribution >= 4 is 17.3 Å². The van der Waals surface area contributed by atoms with Crippen LogP contribution in [0.15, 0.2) is 18.2 Å². The van der Waals surface area contributed by atoms with Crippen LogP contribution in [0.1, 0.15) is 24.2 Å². The fourth-order valence-electron chi connectivity index (χ4n) is 2.04. The predicted molar refractivity (Wildman–Crippen MR) is 80.7 cm³/mol. The molecule has 1 amide bonds. The van der Waals surface area contributed by atoms with Crippen molar-refractivity contribution in [2.24, 2.45) is 0 Å². The smallest absolute Gasteiger partial charge is 0.292 e. The summed E-state index contributed by atoms with van der Waals surface area (Å²) < 4.78 is 0. The Morgan fingerprint density at radius 3 is 2.33 bits per heavy atom. The Morgan fingerprint density at radius 2 is 1.90 bits per heavy atom. The van der Waals surface area contributed by atoms with E-state index in [4.69, 9.17) is 0 Å². The molecule has 7 nitrogen and oxygen atoms in total. The first-order valence-electron chi connectivity index (χ1n) is 6.46. The lowest BCUT2D eigenvalue weighted by Gasteiger charge is -2.27. The van der Waals surface area contributed by atoms with Crippen LogP contribution in [0.3, 0.4) is 0 Å². The van der Waals surface area contributed by atoms with Gasteiger partial charge in [-0.3, -0.25) is 14.9 Å². The molecule has 0 aliphatic heterocycles. The molecule has 0 heterocycles. The third-order valence-electron chi connectivity index (χ3n) is 2.86. The van der Waals surface area contributed by atoms with Gasteiger partial charge in [0, 0.05) is 39.3 Å². The van der Waals surface area contributed by atoms with E-state index in [-0.39, 0.29) is 18.1 Å². The molecule has 1 rings (SSSR count). The molecule has 0 aromatic heterocycles. The molecule has 0 saturated carbocycles. The summed E-state index contributed by atoms with van der Waals surface area (Å²) in [6, 6.07) is 4.22. The van der Waals surface area contributed by atoms with Gasteiger partial charge in [0.1, 0.15) is 5.69 Å². The lowest BCUT2D eigenvalue weighted by Crippen LogP contribution is -2.36. The average molecular weight is 295 g/mol. The highest BCUT2D eigenvalue weighted by molar-refractivity contribution is 5.95. The summed E-state index contributed by atoms with van der Waals surface area (Å²) in [4.78, 5) is 25.6. The van der Waals surface area contributed by atoms with Crippen molar-refractivity contribution in [3.05, 3.63) is 33.9 Å². The van der Waals surface area contributed by atoms with E-state index in [1.54, 1.807) is 39.9 Å². The number of benzene rings is 1. The van der Waals surface area contributed by atoms with E-state index in [2.05, 4.69) is 0 Å². The Bertz CT molecular complexity index is 550. The number of nitrogens with zero attached hydrogens (tertiary/aromatic N) is 3. The van der Waals surface area contributed by atoms with E-state index in [1.165, 1.54) is 23.1 Å². The van der Waals surface area contributed by atoms with Gasteiger partial charge in [-0.25, -0.2) is 0 Å².